The molecule has 0 aliphatic heterocycles. The van der Waals surface area contributed by atoms with Crippen molar-refractivity contribution in [2.45, 2.75) is 33.2 Å². The van der Waals surface area contributed by atoms with Crippen molar-refractivity contribution < 1.29 is 9.53 Å². The lowest BCUT2D eigenvalue weighted by Crippen LogP contribution is -2.36. The maximum Gasteiger partial charge on any atom is 0.239 e. The van der Waals surface area contributed by atoms with Crippen LogP contribution in [0.2, 0.25) is 0 Å². The number of amides is 1. The van der Waals surface area contributed by atoms with Crippen LogP contribution in [-0.4, -0.2) is 45.8 Å². The summed E-state index contributed by atoms with van der Waals surface area (Å²) in [6.45, 7) is 6.01. The van der Waals surface area contributed by atoms with Gasteiger partial charge >= 0.3 is 0 Å². The molecule has 1 aromatic carbocycles. The van der Waals surface area contributed by atoms with E-state index in [4.69, 9.17) is 4.74 Å². The molecular formula is C15H22N6O2. The van der Waals surface area contributed by atoms with Gasteiger partial charge in [-0.2, -0.15) is 4.68 Å². The second-order valence-corrected chi connectivity index (χ2v) is 5.25. The van der Waals surface area contributed by atoms with E-state index in [9.17, 15) is 4.79 Å². The summed E-state index contributed by atoms with van der Waals surface area (Å²) in [5.41, 5.74) is 1.50. The Hall–Kier alpha value is -2.64. The maximum atomic E-state index is 11.8. The summed E-state index contributed by atoms with van der Waals surface area (Å²) >= 11 is 0. The Morgan fingerprint density at radius 1 is 1.43 bits per heavy atom. The average Bonchev–Trinajstić information content (AvgIpc) is 2.98. The molecule has 2 aromatic rings. The van der Waals surface area contributed by atoms with E-state index in [0.29, 0.717) is 17.3 Å². The number of nitrogens with one attached hydrogen (secondary N) is 2. The zero-order chi connectivity index (χ0) is 16.8. The predicted octanol–water partition coefficient (Wildman–Crippen LogP) is 1.31. The SMILES string of the molecule is CCC(C)NC(=O)CNc1ccc(OC)c(-n2nnnc2C)c1. The van der Waals surface area contributed by atoms with Gasteiger partial charge in [0.05, 0.1) is 13.7 Å². The number of carbonyl (C=O) groups is 1. The lowest BCUT2D eigenvalue weighted by Gasteiger charge is -2.14. The second kappa shape index (κ2) is 7.57. The van der Waals surface area contributed by atoms with Gasteiger partial charge in [-0.25, -0.2) is 0 Å². The number of carbonyl (C=O) groups excluding carboxylic acids is 1. The number of rotatable bonds is 7. The summed E-state index contributed by atoms with van der Waals surface area (Å²) in [7, 11) is 1.59. The molecule has 1 heterocycles. The number of nitrogens with zero attached hydrogens (tertiary/aromatic N) is 4. The smallest absolute Gasteiger partial charge is 0.239 e. The fourth-order valence-electron chi connectivity index (χ4n) is 2.03. The largest absolute Gasteiger partial charge is 0.494 e. The van der Waals surface area contributed by atoms with Crippen LogP contribution in [0.4, 0.5) is 5.69 Å². The molecule has 1 amide bonds. The summed E-state index contributed by atoms with van der Waals surface area (Å²) < 4.78 is 6.93. The molecule has 0 saturated heterocycles. The summed E-state index contributed by atoms with van der Waals surface area (Å²) in [4.78, 5) is 11.8. The number of benzene rings is 1. The van der Waals surface area contributed by atoms with E-state index in [0.717, 1.165) is 12.1 Å². The van der Waals surface area contributed by atoms with Crippen LogP contribution in [0.5, 0.6) is 5.75 Å². The van der Waals surface area contributed by atoms with Crippen molar-refractivity contribution >= 4 is 11.6 Å². The third-order valence-corrected chi connectivity index (χ3v) is 3.51. The van der Waals surface area contributed by atoms with E-state index in [1.54, 1.807) is 18.7 Å². The molecule has 2 rings (SSSR count). The van der Waals surface area contributed by atoms with Crippen LogP contribution in [0.3, 0.4) is 0 Å². The van der Waals surface area contributed by atoms with Crippen molar-refractivity contribution in [2.75, 3.05) is 19.0 Å². The Labute approximate surface area is 135 Å². The Morgan fingerprint density at radius 3 is 2.83 bits per heavy atom. The van der Waals surface area contributed by atoms with Crippen LogP contribution in [0.15, 0.2) is 18.2 Å². The fourth-order valence-corrected chi connectivity index (χ4v) is 2.03. The van der Waals surface area contributed by atoms with E-state index in [1.807, 2.05) is 32.0 Å². The van der Waals surface area contributed by atoms with Gasteiger partial charge in [0, 0.05) is 11.7 Å². The van der Waals surface area contributed by atoms with Crippen LogP contribution in [0, 0.1) is 6.92 Å². The van der Waals surface area contributed by atoms with Gasteiger partial charge in [0.15, 0.2) is 5.82 Å². The van der Waals surface area contributed by atoms with E-state index in [1.165, 1.54) is 0 Å². The standard InChI is InChI=1S/C15H22N6O2/c1-5-10(2)17-15(22)9-16-12-6-7-14(23-4)13(8-12)21-11(3)18-19-20-21/h6-8,10,16H,5,9H2,1-4H3,(H,17,22). The molecule has 0 radical (unpaired) electrons. The first-order valence-corrected chi connectivity index (χ1v) is 7.51. The molecule has 23 heavy (non-hydrogen) atoms. The highest BCUT2D eigenvalue weighted by Crippen LogP contribution is 2.26. The highest BCUT2D eigenvalue weighted by atomic mass is 16.5. The number of ether oxygens (including phenoxy) is 1. The van der Waals surface area contributed by atoms with Crippen molar-refractivity contribution in [3.63, 3.8) is 0 Å². The Balaban J connectivity index is 2.12. The van der Waals surface area contributed by atoms with Crippen LogP contribution in [-0.2, 0) is 4.79 Å². The first-order chi connectivity index (χ1) is 11.0. The van der Waals surface area contributed by atoms with Gasteiger partial charge < -0.3 is 15.4 Å². The number of anilines is 1. The number of aromatic nitrogens is 4. The van der Waals surface area contributed by atoms with E-state index in [2.05, 4.69) is 26.2 Å². The molecule has 1 unspecified atom stereocenters. The minimum absolute atomic E-state index is 0.0460. The van der Waals surface area contributed by atoms with Crippen molar-refractivity contribution in [3.8, 4) is 11.4 Å². The highest BCUT2D eigenvalue weighted by molar-refractivity contribution is 5.81. The average molecular weight is 318 g/mol. The molecule has 0 bridgehead atoms. The molecule has 8 heteroatoms. The molecular weight excluding hydrogens is 296 g/mol. The van der Waals surface area contributed by atoms with Gasteiger partial charge in [0.25, 0.3) is 0 Å². The Kier molecular flexibility index (Phi) is 5.51. The summed E-state index contributed by atoms with van der Waals surface area (Å²) in [6, 6.07) is 5.67. The van der Waals surface area contributed by atoms with Gasteiger partial charge in [-0.05, 0) is 48.9 Å². The third kappa shape index (κ3) is 4.18. The van der Waals surface area contributed by atoms with Crippen LogP contribution >= 0.6 is 0 Å². The predicted molar refractivity (Wildman–Crippen MR) is 86.8 cm³/mol. The zero-order valence-corrected chi connectivity index (χ0v) is 13.8. The molecule has 0 fully saturated rings. The Morgan fingerprint density at radius 2 is 2.22 bits per heavy atom. The zero-order valence-electron chi connectivity index (χ0n) is 13.8. The molecule has 2 N–H and O–H groups in total. The van der Waals surface area contributed by atoms with Gasteiger partial charge in [-0.15, -0.1) is 5.10 Å². The minimum atomic E-state index is -0.0460. The number of hydrogen-bond donors (Lipinski definition) is 2. The molecule has 0 saturated carbocycles. The first kappa shape index (κ1) is 16.7. The normalized spacial score (nSPS) is 11.8. The molecule has 0 spiro atoms. The topological polar surface area (TPSA) is 94.0 Å². The van der Waals surface area contributed by atoms with Crippen molar-refractivity contribution in [1.29, 1.82) is 0 Å². The molecule has 0 aliphatic rings. The highest BCUT2D eigenvalue weighted by Gasteiger charge is 2.12. The second-order valence-electron chi connectivity index (χ2n) is 5.25. The van der Waals surface area contributed by atoms with Crippen molar-refractivity contribution in [1.82, 2.24) is 25.5 Å². The van der Waals surface area contributed by atoms with Crippen LogP contribution < -0.4 is 15.4 Å². The van der Waals surface area contributed by atoms with Gasteiger partial charge in [0.2, 0.25) is 5.91 Å². The summed E-state index contributed by atoms with van der Waals surface area (Å²) in [5, 5.41) is 17.5. The van der Waals surface area contributed by atoms with Gasteiger partial charge in [-0.1, -0.05) is 6.92 Å². The number of methoxy groups -OCH3 is 1. The van der Waals surface area contributed by atoms with E-state index < -0.39 is 0 Å². The minimum Gasteiger partial charge on any atom is -0.494 e. The maximum absolute atomic E-state index is 11.8. The molecule has 8 nitrogen and oxygen atoms in total. The Bertz CT molecular complexity index is 670. The first-order valence-electron chi connectivity index (χ1n) is 7.51. The van der Waals surface area contributed by atoms with Gasteiger partial charge in [-0.3, -0.25) is 4.79 Å². The van der Waals surface area contributed by atoms with E-state index in [-0.39, 0.29) is 18.5 Å². The van der Waals surface area contributed by atoms with Gasteiger partial charge in [0.1, 0.15) is 11.4 Å². The lowest BCUT2D eigenvalue weighted by atomic mass is 10.2. The van der Waals surface area contributed by atoms with Crippen LogP contribution in [0.25, 0.3) is 5.69 Å². The number of aryl methyl sites for hydroxylation is 1. The molecule has 0 aliphatic carbocycles. The quantitative estimate of drug-likeness (QED) is 0.799. The number of hydrogen-bond acceptors (Lipinski definition) is 6. The summed E-state index contributed by atoms with van der Waals surface area (Å²) in [5.74, 6) is 1.25. The number of tetrazole rings is 1. The molecule has 1 atom stereocenters. The summed E-state index contributed by atoms with van der Waals surface area (Å²) in [6.07, 6.45) is 0.900. The lowest BCUT2D eigenvalue weighted by molar-refractivity contribution is -0.120. The third-order valence-electron chi connectivity index (χ3n) is 3.51. The monoisotopic (exact) mass is 318 g/mol. The van der Waals surface area contributed by atoms with Crippen molar-refractivity contribution in [3.05, 3.63) is 24.0 Å². The fraction of sp³-hybridized carbons (Fsp3) is 0.467. The van der Waals surface area contributed by atoms with E-state index >= 15 is 0 Å². The van der Waals surface area contributed by atoms with Crippen molar-refractivity contribution in [2.24, 2.45) is 0 Å². The molecule has 124 valence electrons. The van der Waals surface area contributed by atoms with Crippen LogP contribution in [0.1, 0.15) is 26.1 Å². The molecule has 1 aromatic heterocycles.